The molecule has 1 amide bonds. The Bertz CT molecular complexity index is 585. The molecule has 0 saturated heterocycles. The van der Waals surface area contributed by atoms with Crippen molar-refractivity contribution in [3.63, 3.8) is 0 Å². The van der Waals surface area contributed by atoms with Gasteiger partial charge in [0.25, 0.3) is 0 Å². The Hall–Kier alpha value is -0.810. The van der Waals surface area contributed by atoms with Crippen molar-refractivity contribution in [2.75, 3.05) is 13.6 Å². The van der Waals surface area contributed by atoms with Crippen molar-refractivity contribution in [3.05, 3.63) is 35.4 Å². The van der Waals surface area contributed by atoms with Crippen LogP contribution in [0.3, 0.4) is 0 Å². The van der Waals surface area contributed by atoms with Gasteiger partial charge in [0.2, 0.25) is 5.91 Å². The van der Waals surface area contributed by atoms with Gasteiger partial charge in [-0.15, -0.1) is 24.8 Å². The van der Waals surface area contributed by atoms with E-state index in [1.54, 1.807) is 0 Å². The smallest absolute Gasteiger partial charge is 0.223 e. The van der Waals surface area contributed by atoms with Gasteiger partial charge >= 0.3 is 0 Å². The Kier molecular flexibility index (Phi) is 10.1. The molecule has 2 aliphatic rings. The molecule has 2 atom stereocenters. The number of fused-ring (bicyclic) bond motifs is 2. The Labute approximate surface area is 176 Å². The molecular formula is C21H35Cl2N3O. The number of nitrogens with zero attached hydrogens (tertiary/aromatic N) is 1. The summed E-state index contributed by atoms with van der Waals surface area (Å²) < 4.78 is 0. The topological polar surface area (TPSA) is 58.4 Å². The molecule has 0 aliphatic heterocycles. The SMILES string of the molecule is CCN(C)Cc1cccc(CNC(=O)C2CC3CCCC(C2)C3N)c1.Cl.Cl. The van der Waals surface area contributed by atoms with Crippen LogP contribution in [-0.4, -0.2) is 30.4 Å². The van der Waals surface area contributed by atoms with Crippen molar-refractivity contribution < 1.29 is 4.79 Å². The molecule has 2 aliphatic carbocycles. The summed E-state index contributed by atoms with van der Waals surface area (Å²) in [6.07, 6.45) is 5.65. The number of carbonyl (C=O) groups is 1. The lowest BCUT2D eigenvalue weighted by molar-refractivity contribution is -0.128. The highest BCUT2D eigenvalue weighted by atomic mass is 35.5. The zero-order chi connectivity index (χ0) is 17.8. The number of hydrogen-bond donors (Lipinski definition) is 2. The highest BCUT2D eigenvalue weighted by Crippen LogP contribution is 2.41. The second-order valence-electron chi connectivity index (χ2n) is 8.06. The third kappa shape index (κ3) is 6.35. The van der Waals surface area contributed by atoms with Crippen molar-refractivity contribution >= 4 is 30.7 Å². The van der Waals surface area contributed by atoms with Crippen LogP contribution in [-0.2, 0) is 17.9 Å². The number of nitrogens with two attached hydrogens (primary N) is 1. The lowest BCUT2D eigenvalue weighted by Gasteiger charge is -2.43. The molecule has 4 nitrogen and oxygen atoms in total. The third-order valence-electron chi connectivity index (χ3n) is 6.23. The first-order valence-corrected chi connectivity index (χ1v) is 9.86. The largest absolute Gasteiger partial charge is 0.352 e. The minimum absolute atomic E-state index is 0. The van der Waals surface area contributed by atoms with Crippen LogP contribution in [0.2, 0.25) is 0 Å². The average molecular weight is 416 g/mol. The summed E-state index contributed by atoms with van der Waals surface area (Å²) >= 11 is 0. The number of nitrogens with one attached hydrogen (secondary N) is 1. The van der Waals surface area contributed by atoms with Gasteiger partial charge in [-0.25, -0.2) is 0 Å². The Balaban J connectivity index is 0.00000182. The molecule has 0 spiro atoms. The van der Waals surface area contributed by atoms with Crippen molar-refractivity contribution in [1.82, 2.24) is 10.2 Å². The van der Waals surface area contributed by atoms with E-state index in [1.807, 2.05) is 0 Å². The van der Waals surface area contributed by atoms with Crippen molar-refractivity contribution in [2.24, 2.45) is 23.5 Å². The summed E-state index contributed by atoms with van der Waals surface area (Å²) in [5.41, 5.74) is 8.83. The van der Waals surface area contributed by atoms with E-state index in [2.05, 4.69) is 48.5 Å². The summed E-state index contributed by atoms with van der Waals surface area (Å²) in [5, 5.41) is 3.17. The van der Waals surface area contributed by atoms with E-state index in [9.17, 15) is 4.79 Å². The number of amides is 1. The van der Waals surface area contributed by atoms with Crippen LogP contribution < -0.4 is 11.1 Å². The highest BCUT2D eigenvalue weighted by molar-refractivity contribution is 5.85. The van der Waals surface area contributed by atoms with Crippen LogP contribution in [0, 0.1) is 17.8 Å². The molecule has 6 heteroatoms. The normalized spacial score (nSPS) is 26.7. The van der Waals surface area contributed by atoms with E-state index in [4.69, 9.17) is 5.73 Å². The molecule has 0 radical (unpaired) electrons. The van der Waals surface area contributed by atoms with E-state index in [0.29, 0.717) is 24.4 Å². The Morgan fingerprint density at radius 2 is 1.81 bits per heavy atom. The van der Waals surface area contributed by atoms with Crippen LogP contribution in [0.4, 0.5) is 0 Å². The predicted octanol–water partition coefficient (Wildman–Crippen LogP) is 3.75. The molecule has 2 unspecified atom stereocenters. The second kappa shape index (κ2) is 11.3. The maximum absolute atomic E-state index is 12.7. The van der Waals surface area contributed by atoms with E-state index >= 15 is 0 Å². The first-order chi connectivity index (χ1) is 12.1. The number of benzene rings is 1. The molecule has 2 saturated carbocycles. The summed E-state index contributed by atoms with van der Waals surface area (Å²) in [6.45, 7) is 4.77. The van der Waals surface area contributed by atoms with Gasteiger partial charge in [-0.3, -0.25) is 4.79 Å². The van der Waals surface area contributed by atoms with Crippen molar-refractivity contribution in [1.29, 1.82) is 0 Å². The molecule has 3 rings (SSSR count). The lowest BCUT2D eigenvalue weighted by Crippen LogP contribution is -2.49. The zero-order valence-electron chi connectivity index (χ0n) is 16.5. The van der Waals surface area contributed by atoms with Gasteiger partial charge < -0.3 is 16.0 Å². The summed E-state index contributed by atoms with van der Waals surface area (Å²) in [7, 11) is 2.12. The van der Waals surface area contributed by atoms with Gasteiger partial charge in [-0.05, 0) is 62.2 Å². The van der Waals surface area contributed by atoms with Crippen molar-refractivity contribution in [2.45, 2.75) is 58.2 Å². The number of carbonyl (C=O) groups excluding carboxylic acids is 1. The first kappa shape index (κ1) is 24.2. The lowest BCUT2D eigenvalue weighted by atomic mass is 9.65. The fraction of sp³-hybridized carbons (Fsp3) is 0.667. The maximum Gasteiger partial charge on any atom is 0.223 e. The molecule has 2 bridgehead atoms. The van der Waals surface area contributed by atoms with Crippen LogP contribution in [0.15, 0.2) is 24.3 Å². The van der Waals surface area contributed by atoms with E-state index in [0.717, 1.165) is 25.9 Å². The Morgan fingerprint density at radius 1 is 1.19 bits per heavy atom. The molecule has 1 aromatic rings. The number of halogens is 2. The van der Waals surface area contributed by atoms with Crippen LogP contribution in [0.1, 0.15) is 50.2 Å². The van der Waals surface area contributed by atoms with Crippen LogP contribution >= 0.6 is 24.8 Å². The van der Waals surface area contributed by atoms with Gasteiger partial charge in [0.05, 0.1) is 0 Å². The molecule has 1 aromatic carbocycles. The molecule has 2 fully saturated rings. The third-order valence-corrected chi connectivity index (χ3v) is 6.23. The molecule has 27 heavy (non-hydrogen) atoms. The summed E-state index contributed by atoms with van der Waals surface area (Å²) in [6, 6.07) is 8.87. The molecular weight excluding hydrogens is 381 g/mol. The van der Waals surface area contributed by atoms with Gasteiger partial charge in [-0.1, -0.05) is 37.6 Å². The van der Waals surface area contributed by atoms with Gasteiger partial charge in [0.1, 0.15) is 0 Å². The van der Waals surface area contributed by atoms with E-state index in [-0.39, 0.29) is 36.6 Å². The molecule has 3 N–H and O–H groups in total. The van der Waals surface area contributed by atoms with Gasteiger partial charge in [0, 0.05) is 25.0 Å². The number of hydrogen-bond acceptors (Lipinski definition) is 3. The van der Waals surface area contributed by atoms with Crippen LogP contribution in [0.5, 0.6) is 0 Å². The van der Waals surface area contributed by atoms with E-state index < -0.39 is 0 Å². The average Bonchev–Trinajstić information content (AvgIpc) is 2.59. The monoisotopic (exact) mass is 415 g/mol. The first-order valence-electron chi connectivity index (χ1n) is 9.86. The van der Waals surface area contributed by atoms with Gasteiger partial charge in [-0.2, -0.15) is 0 Å². The quantitative estimate of drug-likeness (QED) is 0.743. The highest BCUT2D eigenvalue weighted by Gasteiger charge is 2.40. The standard InChI is InChI=1S/C21H33N3O.2ClH/c1-3-24(2)14-16-7-4-6-15(10-16)13-23-21(25)19-11-17-8-5-9-18(12-19)20(17)22;;/h4,6-7,10,17-20H,3,5,8-9,11-14,22H2,1-2H3,(H,23,25);2*1H. The molecule has 0 heterocycles. The second-order valence-corrected chi connectivity index (χ2v) is 8.06. The summed E-state index contributed by atoms with van der Waals surface area (Å²) in [4.78, 5) is 14.9. The molecule has 154 valence electrons. The predicted molar refractivity (Wildman–Crippen MR) is 116 cm³/mol. The Morgan fingerprint density at radius 3 is 2.44 bits per heavy atom. The van der Waals surface area contributed by atoms with Crippen molar-refractivity contribution in [3.8, 4) is 0 Å². The fourth-order valence-electron chi connectivity index (χ4n) is 4.60. The zero-order valence-corrected chi connectivity index (χ0v) is 18.2. The van der Waals surface area contributed by atoms with Gasteiger partial charge in [0.15, 0.2) is 0 Å². The van der Waals surface area contributed by atoms with Crippen LogP contribution in [0.25, 0.3) is 0 Å². The fourth-order valence-corrected chi connectivity index (χ4v) is 4.60. The minimum Gasteiger partial charge on any atom is -0.352 e. The molecule has 0 aromatic heterocycles. The minimum atomic E-state index is 0. The summed E-state index contributed by atoms with van der Waals surface area (Å²) in [5.74, 6) is 1.48. The number of rotatable bonds is 6. The maximum atomic E-state index is 12.7. The van der Waals surface area contributed by atoms with E-state index in [1.165, 1.54) is 30.4 Å².